The lowest BCUT2D eigenvalue weighted by Gasteiger charge is -2.59. The van der Waals surface area contributed by atoms with E-state index >= 15 is 0 Å². The van der Waals surface area contributed by atoms with Crippen molar-refractivity contribution in [2.45, 2.75) is 102 Å². The maximum atomic E-state index is 14.0. The fourth-order valence-electron chi connectivity index (χ4n) is 12.4. The first-order chi connectivity index (χ1) is 36.3. The highest BCUT2D eigenvalue weighted by Crippen LogP contribution is 2.70. The summed E-state index contributed by atoms with van der Waals surface area (Å²) in [4.78, 5) is 117. The SMILES string of the molecule is C[C@]12C=CC(=O)C=C1CC[C@@H]1[C@@H]2[C@@H](O)C[C@@]2(C)[C@H]1C[C@H]1O[C@H](c3ccc(Cc4nc(NC(=O)OCc5ccc(NC(=O)[C@H](CCC(=O)O)NC(=O)CNC(=O)CCN6C(=O)C=CC6=O)cc5)cs4)cc3)O[C@]12C(=O)CO. The number of aliphatic hydroxyl groups is 2. The molecule has 76 heavy (non-hydrogen) atoms. The molecule has 2 aliphatic heterocycles. The first kappa shape index (κ1) is 53.6. The summed E-state index contributed by atoms with van der Waals surface area (Å²) in [6, 6.07) is 12.5. The molecule has 0 spiro atoms. The Morgan fingerprint density at radius 3 is 2.37 bits per heavy atom. The molecule has 6 aliphatic rings. The van der Waals surface area contributed by atoms with E-state index < -0.39 is 108 Å². The van der Waals surface area contributed by atoms with Crippen molar-refractivity contribution < 1.29 is 72.7 Å². The van der Waals surface area contributed by atoms with Crippen molar-refractivity contribution in [1.82, 2.24) is 20.5 Å². The summed E-state index contributed by atoms with van der Waals surface area (Å²) in [6.07, 6.45) is 6.10. The molecule has 0 radical (unpaired) electrons. The summed E-state index contributed by atoms with van der Waals surface area (Å²) in [5.74, 6) is -4.79. The number of anilines is 2. The number of nitrogens with one attached hydrogen (secondary N) is 4. The number of amides is 6. The Morgan fingerprint density at radius 1 is 0.934 bits per heavy atom. The Balaban J connectivity index is 0.734. The molecular formula is C54H58N6O15S. The summed E-state index contributed by atoms with van der Waals surface area (Å²) in [7, 11) is 0. The van der Waals surface area contributed by atoms with Crippen molar-refractivity contribution in [3.8, 4) is 0 Å². The number of thiazole rings is 1. The fraction of sp³-hybridized carbons (Fsp3) is 0.444. The number of ether oxygens (including phenoxy) is 3. The number of carbonyl (C=O) groups is 9. The van der Waals surface area contributed by atoms with Crippen LogP contribution < -0.4 is 21.3 Å². The monoisotopic (exact) mass is 1060 g/mol. The lowest BCUT2D eigenvalue weighted by atomic mass is 9.46. The zero-order valence-electron chi connectivity index (χ0n) is 41.7. The second-order valence-corrected chi connectivity index (χ2v) is 21.5. The van der Waals surface area contributed by atoms with Crippen LogP contribution in [0.5, 0.6) is 0 Å². The van der Waals surface area contributed by atoms with E-state index in [4.69, 9.17) is 14.2 Å². The summed E-state index contributed by atoms with van der Waals surface area (Å²) in [5, 5.41) is 43.9. The van der Waals surface area contributed by atoms with Crippen LogP contribution in [0.4, 0.5) is 16.3 Å². The number of imide groups is 1. The molecule has 4 aliphatic carbocycles. The molecule has 9 rings (SSSR count). The van der Waals surface area contributed by atoms with Crippen LogP contribution in [0, 0.1) is 28.6 Å². The number of hydrogen-bond acceptors (Lipinski definition) is 16. The summed E-state index contributed by atoms with van der Waals surface area (Å²) in [6.45, 7) is 2.49. The summed E-state index contributed by atoms with van der Waals surface area (Å²) >= 11 is 1.34. The lowest BCUT2D eigenvalue weighted by Crippen LogP contribution is -2.63. The topological polar surface area (TPSA) is 306 Å². The zero-order valence-corrected chi connectivity index (χ0v) is 42.5. The molecular weight excluding hydrogens is 1000 g/mol. The molecule has 21 nitrogen and oxygen atoms in total. The molecule has 400 valence electrons. The third-order valence-corrected chi connectivity index (χ3v) is 16.8. The Kier molecular flexibility index (Phi) is 15.4. The van der Waals surface area contributed by atoms with Gasteiger partial charge in [-0.25, -0.2) is 9.78 Å². The van der Waals surface area contributed by atoms with E-state index in [0.29, 0.717) is 41.1 Å². The van der Waals surface area contributed by atoms with E-state index in [9.17, 15) is 58.5 Å². The lowest BCUT2D eigenvalue weighted by molar-refractivity contribution is -0.201. The highest BCUT2D eigenvalue weighted by atomic mass is 32.1. The van der Waals surface area contributed by atoms with E-state index in [2.05, 4.69) is 33.2 Å². The molecule has 3 saturated carbocycles. The van der Waals surface area contributed by atoms with Gasteiger partial charge in [0, 0.05) is 71.3 Å². The number of carboxylic acid groups (broad SMARTS) is 1. The Morgan fingerprint density at radius 2 is 1.66 bits per heavy atom. The Labute approximate surface area is 440 Å². The number of rotatable bonds is 19. The normalized spacial score (nSPS) is 28.3. The Bertz CT molecular complexity index is 2920. The molecule has 6 amide bonds. The first-order valence-electron chi connectivity index (χ1n) is 25.1. The Hall–Kier alpha value is -7.24. The number of Topliss-reactive ketones (excluding diaryl/α,β-unsaturated/α-hetero) is 1. The van der Waals surface area contributed by atoms with Crippen molar-refractivity contribution in [2.75, 3.05) is 30.3 Å². The number of carbonyl (C=O) groups excluding carboxylic acids is 8. The van der Waals surface area contributed by atoms with Gasteiger partial charge in [0.1, 0.15) is 25.1 Å². The molecule has 0 bridgehead atoms. The van der Waals surface area contributed by atoms with Gasteiger partial charge < -0.3 is 45.5 Å². The number of carboxylic acids is 1. The first-order valence-corrected chi connectivity index (χ1v) is 26.0. The van der Waals surface area contributed by atoms with Crippen LogP contribution in [0.15, 0.2) is 89.9 Å². The molecule has 4 fully saturated rings. The van der Waals surface area contributed by atoms with Gasteiger partial charge in [0.05, 0.1) is 23.8 Å². The van der Waals surface area contributed by atoms with Gasteiger partial charge in [0.25, 0.3) is 11.8 Å². The second kappa shape index (κ2) is 21.8. The van der Waals surface area contributed by atoms with Crippen LogP contribution in [-0.4, -0.2) is 122 Å². The molecule has 2 aromatic carbocycles. The predicted octanol–water partition coefficient (Wildman–Crippen LogP) is 3.80. The molecule has 10 atom stereocenters. The molecule has 7 N–H and O–H groups in total. The van der Waals surface area contributed by atoms with Crippen molar-refractivity contribution in [3.63, 3.8) is 0 Å². The van der Waals surface area contributed by atoms with E-state index in [1.165, 1.54) is 23.5 Å². The summed E-state index contributed by atoms with van der Waals surface area (Å²) < 4.78 is 18.7. The number of aromatic nitrogens is 1. The number of aliphatic carboxylic acids is 1. The minimum Gasteiger partial charge on any atom is -0.481 e. The third-order valence-electron chi connectivity index (χ3n) is 16.0. The average molecular weight is 1060 g/mol. The number of aliphatic hydroxyl groups excluding tert-OH is 2. The summed E-state index contributed by atoms with van der Waals surface area (Å²) in [5.41, 5.74) is 0.717. The van der Waals surface area contributed by atoms with Crippen molar-refractivity contribution >= 4 is 76.0 Å². The van der Waals surface area contributed by atoms with Gasteiger partial charge in [-0.15, -0.1) is 11.3 Å². The molecule has 0 unspecified atom stereocenters. The number of fused-ring (bicyclic) bond motifs is 7. The predicted molar refractivity (Wildman–Crippen MR) is 269 cm³/mol. The minimum absolute atomic E-state index is 0.0273. The highest BCUT2D eigenvalue weighted by molar-refractivity contribution is 7.10. The highest BCUT2D eigenvalue weighted by Gasteiger charge is 2.76. The minimum atomic E-state index is -1.47. The van der Waals surface area contributed by atoms with Gasteiger partial charge >= 0.3 is 12.1 Å². The van der Waals surface area contributed by atoms with Crippen molar-refractivity contribution in [2.24, 2.45) is 28.6 Å². The van der Waals surface area contributed by atoms with Gasteiger partial charge in [-0.1, -0.05) is 61.9 Å². The maximum absolute atomic E-state index is 14.0. The smallest absolute Gasteiger partial charge is 0.413 e. The zero-order chi connectivity index (χ0) is 54.1. The van der Waals surface area contributed by atoms with Crippen LogP contribution in [0.25, 0.3) is 0 Å². The maximum Gasteiger partial charge on any atom is 0.413 e. The standard InChI is InChI=1S/C54H58N6O15S/c1-52-19-17-34(62)22-32(52)9-12-35-36-23-40-54(39(64)26-61,53(36,2)24-38(63)48(35)52)75-50(74-40)31-7-3-29(4-8-31)21-44-58-41(28-76-44)59-51(72)73-27-30-5-10-33(11-6-30)56-49(71)37(13-16-47(69)70)57-43(66)25-55-42(65)18-20-60-45(67)14-15-46(60)68/h3-8,10-11,14-15,17,19,22,28,35-38,40,48,50,61,63H,9,12-13,16,18,20-21,23-27H2,1-2H3,(H,55,65)(H,56,71)(H,57,66)(H,59,72)(H,69,70)/t35-,36-,37-,38-,40+,48+,50-,52-,53-,54+/m0/s1. The molecule has 3 aromatic rings. The molecule has 1 saturated heterocycles. The van der Waals surface area contributed by atoms with Crippen LogP contribution in [-0.2, 0) is 65.6 Å². The number of hydrogen-bond donors (Lipinski definition) is 7. The van der Waals surface area contributed by atoms with E-state index in [1.54, 1.807) is 29.7 Å². The number of allylic oxidation sites excluding steroid dienone is 4. The van der Waals surface area contributed by atoms with Crippen molar-refractivity contribution in [3.05, 3.63) is 112 Å². The molecule has 1 aromatic heterocycles. The van der Waals surface area contributed by atoms with Gasteiger partial charge in [-0.05, 0) is 79.4 Å². The molecule has 3 heterocycles. The van der Waals surface area contributed by atoms with Gasteiger partial charge in [-0.3, -0.25) is 48.6 Å². The van der Waals surface area contributed by atoms with Gasteiger partial charge in [0.2, 0.25) is 17.7 Å². The number of ketones is 2. The third kappa shape index (κ3) is 10.6. The van der Waals surface area contributed by atoms with Crippen LogP contribution in [0.3, 0.4) is 0 Å². The van der Waals surface area contributed by atoms with E-state index in [0.717, 1.165) is 34.6 Å². The van der Waals surface area contributed by atoms with Crippen LogP contribution in [0.1, 0.15) is 86.8 Å². The van der Waals surface area contributed by atoms with Gasteiger partial charge in [0.15, 0.2) is 23.5 Å². The van der Waals surface area contributed by atoms with E-state index in [1.807, 2.05) is 37.3 Å². The number of nitrogens with zero attached hydrogens (tertiary/aromatic N) is 2. The van der Waals surface area contributed by atoms with E-state index in [-0.39, 0.29) is 61.8 Å². The fourth-order valence-corrected chi connectivity index (χ4v) is 13.1. The quantitative estimate of drug-likeness (QED) is 0.0840. The molecule has 22 heteroatoms. The van der Waals surface area contributed by atoms with Crippen molar-refractivity contribution in [1.29, 1.82) is 0 Å². The average Bonchev–Trinajstić information content (AvgIpc) is 4.33. The van der Waals surface area contributed by atoms with Crippen LogP contribution >= 0.6 is 11.3 Å². The largest absolute Gasteiger partial charge is 0.481 e. The van der Waals surface area contributed by atoms with Crippen LogP contribution in [0.2, 0.25) is 0 Å². The van der Waals surface area contributed by atoms with Gasteiger partial charge in [-0.2, -0.15) is 0 Å². The number of benzene rings is 2. The second-order valence-electron chi connectivity index (χ2n) is 20.5.